The highest BCUT2D eigenvalue weighted by atomic mass is 32.3. The first-order valence-corrected chi connectivity index (χ1v) is 9.14. The lowest BCUT2D eigenvalue weighted by atomic mass is 9.96. The monoisotopic (exact) mass is 299 g/mol. The van der Waals surface area contributed by atoms with Crippen LogP contribution >= 0.6 is 0 Å². The molecule has 1 heterocycles. The van der Waals surface area contributed by atoms with Crippen molar-refractivity contribution in [3.8, 4) is 0 Å². The number of rotatable bonds is 5. The maximum absolute atomic E-state index is 11.8. The highest BCUT2D eigenvalue weighted by Gasteiger charge is 2.32. The van der Waals surface area contributed by atoms with Crippen molar-refractivity contribution in [1.82, 2.24) is 4.31 Å². The van der Waals surface area contributed by atoms with Crippen LogP contribution in [0.3, 0.4) is 0 Å². The van der Waals surface area contributed by atoms with Crippen molar-refractivity contribution in [2.45, 2.75) is 19.3 Å². The van der Waals surface area contributed by atoms with Gasteiger partial charge in [-0.05, 0) is 18.8 Å². The molecule has 1 N–H and O–H groups in total. The van der Waals surface area contributed by atoms with E-state index in [0.29, 0.717) is 12.8 Å². The summed E-state index contributed by atoms with van der Waals surface area (Å²) in [4.78, 5) is 10.6. The summed E-state index contributed by atoms with van der Waals surface area (Å²) in [7, 11) is -7.47. The largest absolute Gasteiger partial charge is 0.481 e. The molecule has 0 spiro atoms. The third-order valence-electron chi connectivity index (χ3n) is 2.70. The van der Waals surface area contributed by atoms with Gasteiger partial charge in [0.1, 0.15) is 0 Å². The number of sulfonamides is 1. The summed E-state index contributed by atoms with van der Waals surface area (Å²) in [5, 5.41) is 7.76. The van der Waals surface area contributed by atoms with Crippen molar-refractivity contribution >= 4 is 25.8 Å². The minimum atomic E-state index is -3.86. The van der Waals surface area contributed by atoms with Crippen LogP contribution in [0.15, 0.2) is 0 Å². The van der Waals surface area contributed by atoms with Gasteiger partial charge in [-0.3, -0.25) is 4.79 Å². The first kappa shape index (κ1) is 15.4. The lowest BCUT2D eigenvalue weighted by Crippen LogP contribution is -2.42. The van der Waals surface area contributed by atoms with Gasteiger partial charge in [-0.1, -0.05) is 0 Å². The lowest BCUT2D eigenvalue weighted by molar-refractivity contribution is -0.138. The zero-order valence-electron chi connectivity index (χ0n) is 10.1. The number of carboxylic acids is 1. The molecule has 0 bridgehead atoms. The van der Waals surface area contributed by atoms with Crippen LogP contribution in [0.25, 0.3) is 0 Å². The van der Waals surface area contributed by atoms with Crippen LogP contribution in [0.1, 0.15) is 19.3 Å². The Labute approximate surface area is 107 Å². The molecule has 1 aliphatic rings. The Kier molecular flexibility index (Phi) is 4.73. The van der Waals surface area contributed by atoms with Crippen molar-refractivity contribution in [3.63, 3.8) is 0 Å². The molecule has 0 radical (unpaired) electrons. The van der Waals surface area contributed by atoms with Gasteiger partial charge in [-0.25, -0.2) is 21.1 Å². The molecule has 0 aromatic carbocycles. The van der Waals surface area contributed by atoms with E-state index in [1.807, 2.05) is 0 Å². The van der Waals surface area contributed by atoms with E-state index in [2.05, 4.69) is 0 Å². The van der Waals surface area contributed by atoms with E-state index in [0.717, 1.165) is 10.6 Å². The fourth-order valence-corrected chi connectivity index (χ4v) is 5.64. The van der Waals surface area contributed by atoms with Crippen molar-refractivity contribution in [1.29, 1.82) is 0 Å². The molecule has 1 aliphatic heterocycles. The molecule has 0 amide bonds. The van der Waals surface area contributed by atoms with Crippen LogP contribution in [0.4, 0.5) is 0 Å². The molecule has 0 aromatic rings. The molecule has 0 aromatic heterocycles. The molecule has 7 nitrogen and oxygen atoms in total. The molecule has 1 fully saturated rings. The summed E-state index contributed by atoms with van der Waals surface area (Å²) >= 11 is 0. The van der Waals surface area contributed by atoms with Gasteiger partial charge >= 0.3 is 5.97 Å². The Bertz CT molecular complexity index is 509. The second-order valence-corrected chi connectivity index (χ2v) is 9.09. The molecule has 18 heavy (non-hydrogen) atoms. The zero-order chi connectivity index (χ0) is 14.0. The second-order valence-electron chi connectivity index (χ2n) is 4.62. The molecular weight excluding hydrogens is 282 g/mol. The maximum atomic E-state index is 11.8. The van der Waals surface area contributed by atoms with Gasteiger partial charge in [0.2, 0.25) is 10.0 Å². The summed E-state index contributed by atoms with van der Waals surface area (Å²) in [6, 6.07) is 0. The average molecular weight is 299 g/mol. The highest BCUT2D eigenvalue weighted by molar-refractivity contribution is 8.06. The number of carbonyl (C=O) groups is 1. The number of piperidine rings is 1. The maximum Gasteiger partial charge on any atom is 0.303 e. The van der Waals surface area contributed by atoms with Crippen LogP contribution in [0, 0.1) is 5.92 Å². The van der Waals surface area contributed by atoms with Crippen molar-refractivity contribution in [2.75, 3.05) is 24.4 Å². The number of carboxylic acid groups (broad SMARTS) is 1. The average Bonchev–Trinajstić information content (AvgIpc) is 2.13. The molecule has 1 atom stereocenters. The molecule has 1 saturated heterocycles. The summed E-state index contributed by atoms with van der Waals surface area (Å²) in [5.41, 5.74) is 0. The van der Waals surface area contributed by atoms with Crippen LogP contribution in [0.2, 0.25) is 0 Å². The van der Waals surface area contributed by atoms with E-state index in [9.17, 15) is 21.6 Å². The van der Waals surface area contributed by atoms with Crippen molar-refractivity contribution < 1.29 is 26.7 Å². The summed E-state index contributed by atoms with van der Waals surface area (Å²) in [6.07, 6.45) is 1.98. The summed E-state index contributed by atoms with van der Waals surface area (Å²) < 4.78 is 46.8. The van der Waals surface area contributed by atoms with Gasteiger partial charge in [0.15, 0.2) is 14.9 Å². The topological polar surface area (TPSA) is 109 Å². The third-order valence-corrected chi connectivity index (χ3v) is 6.72. The van der Waals surface area contributed by atoms with Gasteiger partial charge in [-0.2, -0.15) is 0 Å². The van der Waals surface area contributed by atoms with Crippen LogP contribution < -0.4 is 0 Å². The van der Waals surface area contributed by atoms with Crippen molar-refractivity contribution in [2.24, 2.45) is 5.92 Å². The molecular formula is C9H17NO6S2. The molecule has 1 rings (SSSR count). The SMILES string of the molecule is CS(=O)(=O)CS(=O)(=O)N1CCCC(CC(=O)O)C1. The van der Waals surface area contributed by atoms with Gasteiger partial charge < -0.3 is 5.11 Å². The first-order valence-electron chi connectivity index (χ1n) is 5.47. The molecule has 0 aliphatic carbocycles. The number of nitrogens with zero attached hydrogens (tertiary/aromatic N) is 1. The lowest BCUT2D eigenvalue weighted by Gasteiger charge is -2.30. The van der Waals surface area contributed by atoms with Crippen LogP contribution in [0.5, 0.6) is 0 Å². The van der Waals surface area contributed by atoms with Gasteiger partial charge in [0.05, 0.1) is 0 Å². The molecule has 1 unspecified atom stereocenters. The molecule has 0 saturated carbocycles. The van der Waals surface area contributed by atoms with E-state index in [1.165, 1.54) is 0 Å². The third kappa shape index (κ3) is 4.91. The van der Waals surface area contributed by atoms with Gasteiger partial charge in [0.25, 0.3) is 0 Å². The van der Waals surface area contributed by atoms with Crippen LogP contribution in [-0.4, -0.2) is 56.6 Å². The smallest absolute Gasteiger partial charge is 0.303 e. The minimum absolute atomic E-state index is 0.0875. The van der Waals surface area contributed by atoms with E-state index >= 15 is 0 Å². The van der Waals surface area contributed by atoms with E-state index < -0.39 is 30.9 Å². The Balaban J connectivity index is 2.74. The van der Waals surface area contributed by atoms with E-state index in [-0.39, 0.29) is 25.4 Å². The minimum Gasteiger partial charge on any atom is -0.481 e. The first-order chi connectivity index (χ1) is 8.10. The summed E-state index contributed by atoms with van der Waals surface area (Å²) in [5.74, 6) is -1.21. The van der Waals surface area contributed by atoms with E-state index in [1.54, 1.807) is 0 Å². The normalized spacial score (nSPS) is 22.8. The predicted octanol–water partition coefficient (Wildman–Crippen LogP) is -0.495. The summed E-state index contributed by atoms with van der Waals surface area (Å²) in [6.45, 7) is 0.345. The second kappa shape index (κ2) is 5.54. The van der Waals surface area contributed by atoms with Gasteiger partial charge in [0, 0.05) is 25.8 Å². The fraction of sp³-hybridized carbons (Fsp3) is 0.889. The fourth-order valence-electron chi connectivity index (χ4n) is 2.04. The number of hydrogen-bond acceptors (Lipinski definition) is 5. The highest BCUT2D eigenvalue weighted by Crippen LogP contribution is 2.22. The van der Waals surface area contributed by atoms with E-state index in [4.69, 9.17) is 5.11 Å². The van der Waals surface area contributed by atoms with Gasteiger partial charge in [-0.15, -0.1) is 0 Å². The number of sulfone groups is 1. The number of aliphatic carboxylic acids is 1. The predicted molar refractivity (Wildman–Crippen MR) is 65.2 cm³/mol. The molecule has 106 valence electrons. The Hall–Kier alpha value is -0.670. The van der Waals surface area contributed by atoms with Crippen LogP contribution in [-0.2, 0) is 24.7 Å². The Morgan fingerprint density at radius 1 is 1.33 bits per heavy atom. The van der Waals surface area contributed by atoms with Crippen molar-refractivity contribution in [3.05, 3.63) is 0 Å². The Morgan fingerprint density at radius 3 is 2.44 bits per heavy atom. The zero-order valence-corrected chi connectivity index (χ0v) is 11.7. The quantitative estimate of drug-likeness (QED) is 0.733. The number of hydrogen-bond donors (Lipinski definition) is 1. The molecule has 9 heteroatoms. The Morgan fingerprint density at radius 2 is 1.94 bits per heavy atom. The standard InChI is InChI=1S/C9H17NO6S2/c1-17(13,14)7-18(15,16)10-4-2-3-8(6-10)5-9(11)12/h8H,2-7H2,1H3,(H,11,12).